The van der Waals surface area contributed by atoms with Crippen molar-refractivity contribution in [2.24, 2.45) is 0 Å². The lowest BCUT2D eigenvalue weighted by Crippen LogP contribution is -2.23. The van der Waals surface area contributed by atoms with E-state index >= 15 is 0 Å². The summed E-state index contributed by atoms with van der Waals surface area (Å²) in [5, 5.41) is 3.20. The van der Waals surface area contributed by atoms with Gasteiger partial charge in [-0.1, -0.05) is 37.5 Å². The highest BCUT2D eigenvalue weighted by atomic mass is 15.1. The van der Waals surface area contributed by atoms with Crippen molar-refractivity contribution >= 4 is 5.69 Å². The second-order valence-corrected chi connectivity index (χ2v) is 4.79. The molecule has 0 aliphatic rings. The zero-order chi connectivity index (χ0) is 13.1. The van der Waals surface area contributed by atoms with Gasteiger partial charge in [0.1, 0.15) is 0 Å². The summed E-state index contributed by atoms with van der Waals surface area (Å²) in [4.78, 5) is 2.47. The molecule has 0 heterocycles. The highest BCUT2D eigenvalue weighted by Crippen LogP contribution is 2.14. The van der Waals surface area contributed by atoms with Gasteiger partial charge in [-0.3, -0.25) is 0 Å². The van der Waals surface area contributed by atoms with Gasteiger partial charge in [0, 0.05) is 18.8 Å². The predicted octanol–water partition coefficient (Wildman–Crippen LogP) is 3.68. The smallest absolute Gasteiger partial charge is 0.0366 e. The van der Waals surface area contributed by atoms with Crippen LogP contribution in [0, 0.1) is 0 Å². The van der Waals surface area contributed by atoms with Gasteiger partial charge in [-0.25, -0.2) is 0 Å². The van der Waals surface area contributed by atoms with Gasteiger partial charge in [0.05, 0.1) is 0 Å². The number of para-hydroxylation sites is 1. The van der Waals surface area contributed by atoms with Crippen molar-refractivity contribution in [3.8, 4) is 0 Å². The molecule has 0 bridgehead atoms. The molecule has 0 aliphatic heterocycles. The fourth-order valence-electron chi connectivity index (χ4n) is 2.24. The highest BCUT2D eigenvalue weighted by Gasteiger charge is 2.02. The van der Waals surface area contributed by atoms with E-state index in [1.807, 2.05) is 7.05 Å². The Hall–Kier alpha value is -1.02. The molecule has 0 saturated carbocycles. The van der Waals surface area contributed by atoms with Crippen LogP contribution in [-0.2, 0) is 0 Å². The van der Waals surface area contributed by atoms with Gasteiger partial charge in [-0.2, -0.15) is 0 Å². The Morgan fingerprint density at radius 1 is 0.944 bits per heavy atom. The molecular weight excluding hydrogens is 220 g/mol. The van der Waals surface area contributed by atoms with E-state index in [2.05, 4.69) is 47.5 Å². The monoisotopic (exact) mass is 248 g/mol. The number of benzene rings is 1. The lowest BCUT2D eigenvalue weighted by atomic mass is 10.1. The summed E-state index contributed by atoms with van der Waals surface area (Å²) in [6.07, 6.45) is 6.70. The molecule has 102 valence electrons. The molecule has 0 spiro atoms. The summed E-state index contributed by atoms with van der Waals surface area (Å²) in [5.41, 5.74) is 1.36. The van der Waals surface area contributed by atoms with Crippen LogP contribution < -0.4 is 10.2 Å². The SMILES string of the molecule is CCN(CCCCCCCNC)c1ccccc1. The van der Waals surface area contributed by atoms with Gasteiger partial charge in [-0.15, -0.1) is 0 Å². The Morgan fingerprint density at radius 3 is 2.28 bits per heavy atom. The molecule has 0 saturated heterocycles. The first-order chi connectivity index (χ1) is 8.88. The fourth-order valence-corrected chi connectivity index (χ4v) is 2.24. The van der Waals surface area contributed by atoms with Crippen molar-refractivity contribution in [1.29, 1.82) is 0 Å². The summed E-state index contributed by atoms with van der Waals surface area (Å²) in [7, 11) is 2.03. The number of rotatable bonds is 10. The van der Waals surface area contributed by atoms with E-state index in [0.29, 0.717) is 0 Å². The molecule has 2 heteroatoms. The third-order valence-electron chi connectivity index (χ3n) is 3.36. The van der Waals surface area contributed by atoms with E-state index in [4.69, 9.17) is 0 Å². The van der Waals surface area contributed by atoms with Crippen LogP contribution in [0.1, 0.15) is 39.0 Å². The van der Waals surface area contributed by atoms with Gasteiger partial charge in [-0.05, 0) is 45.5 Å². The van der Waals surface area contributed by atoms with Crippen LogP contribution in [0.3, 0.4) is 0 Å². The fraction of sp³-hybridized carbons (Fsp3) is 0.625. The molecule has 0 atom stereocenters. The van der Waals surface area contributed by atoms with Crippen molar-refractivity contribution in [3.05, 3.63) is 30.3 Å². The number of hydrogen-bond donors (Lipinski definition) is 1. The molecule has 1 aromatic rings. The van der Waals surface area contributed by atoms with Crippen LogP contribution >= 0.6 is 0 Å². The molecule has 0 fully saturated rings. The van der Waals surface area contributed by atoms with E-state index in [0.717, 1.165) is 13.1 Å². The van der Waals surface area contributed by atoms with Crippen LogP contribution in [0.5, 0.6) is 0 Å². The molecule has 0 aliphatic carbocycles. The van der Waals surface area contributed by atoms with Crippen molar-refractivity contribution < 1.29 is 0 Å². The zero-order valence-corrected chi connectivity index (χ0v) is 12.0. The Labute approximate surface area is 112 Å². The van der Waals surface area contributed by atoms with Crippen LogP contribution in [0.4, 0.5) is 5.69 Å². The van der Waals surface area contributed by atoms with Gasteiger partial charge >= 0.3 is 0 Å². The molecule has 1 rings (SSSR count). The lowest BCUT2D eigenvalue weighted by Gasteiger charge is -2.23. The van der Waals surface area contributed by atoms with Gasteiger partial charge in [0.2, 0.25) is 0 Å². The zero-order valence-electron chi connectivity index (χ0n) is 12.0. The Bertz CT molecular complexity index is 284. The molecule has 1 N–H and O–H groups in total. The predicted molar refractivity (Wildman–Crippen MR) is 81.3 cm³/mol. The molecule has 18 heavy (non-hydrogen) atoms. The molecule has 0 aromatic heterocycles. The molecule has 1 aromatic carbocycles. The molecule has 0 radical (unpaired) electrons. The molecule has 2 nitrogen and oxygen atoms in total. The lowest BCUT2D eigenvalue weighted by molar-refractivity contribution is 0.592. The maximum absolute atomic E-state index is 3.20. The third-order valence-corrected chi connectivity index (χ3v) is 3.36. The van der Waals surface area contributed by atoms with Crippen molar-refractivity contribution in [2.75, 3.05) is 31.6 Å². The minimum Gasteiger partial charge on any atom is -0.372 e. The summed E-state index contributed by atoms with van der Waals surface area (Å²) in [5.74, 6) is 0. The van der Waals surface area contributed by atoms with E-state index in [1.54, 1.807) is 0 Å². The second kappa shape index (κ2) is 9.95. The van der Waals surface area contributed by atoms with E-state index in [-0.39, 0.29) is 0 Å². The third kappa shape index (κ3) is 6.06. The van der Waals surface area contributed by atoms with Crippen LogP contribution in [-0.4, -0.2) is 26.7 Å². The van der Waals surface area contributed by atoms with Crippen LogP contribution in [0.25, 0.3) is 0 Å². The average Bonchev–Trinajstić information content (AvgIpc) is 2.43. The van der Waals surface area contributed by atoms with Crippen molar-refractivity contribution in [3.63, 3.8) is 0 Å². The van der Waals surface area contributed by atoms with Crippen LogP contribution in [0.2, 0.25) is 0 Å². The summed E-state index contributed by atoms with van der Waals surface area (Å²) in [6.45, 7) is 5.68. The minimum atomic E-state index is 1.10. The van der Waals surface area contributed by atoms with E-state index in [9.17, 15) is 0 Å². The Kier molecular flexibility index (Phi) is 8.32. The maximum atomic E-state index is 3.20. The summed E-state index contributed by atoms with van der Waals surface area (Å²) >= 11 is 0. The van der Waals surface area contributed by atoms with E-state index < -0.39 is 0 Å². The molecular formula is C16H28N2. The normalized spacial score (nSPS) is 10.6. The van der Waals surface area contributed by atoms with Crippen molar-refractivity contribution in [1.82, 2.24) is 5.32 Å². The summed E-state index contributed by atoms with van der Waals surface area (Å²) in [6, 6.07) is 10.7. The molecule has 0 amide bonds. The number of hydrogen-bond acceptors (Lipinski definition) is 2. The first-order valence-electron chi connectivity index (χ1n) is 7.33. The van der Waals surface area contributed by atoms with Gasteiger partial charge in [0.25, 0.3) is 0 Å². The van der Waals surface area contributed by atoms with E-state index in [1.165, 1.54) is 44.3 Å². The van der Waals surface area contributed by atoms with Crippen LogP contribution in [0.15, 0.2) is 30.3 Å². The number of anilines is 1. The first kappa shape index (κ1) is 15.0. The Morgan fingerprint density at radius 2 is 1.61 bits per heavy atom. The standard InChI is InChI=1S/C16H28N2/c1-3-18(16-12-8-7-9-13-16)15-11-6-4-5-10-14-17-2/h7-9,12-13,17H,3-6,10-11,14-15H2,1-2H3. The largest absolute Gasteiger partial charge is 0.372 e. The maximum Gasteiger partial charge on any atom is 0.0366 e. The number of unbranched alkanes of at least 4 members (excludes halogenated alkanes) is 4. The molecule has 0 unspecified atom stereocenters. The quantitative estimate of drug-likeness (QED) is 0.635. The average molecular weight is 248 g/mol. The second-order valence-electron chi connectivity index (χ2n) is 4.79. The number of nitrogens with one attached hydrogen (secondary N) is 1. The minimum absolute atomic E-state index is 1.10. The number of nitrogens with zero attached hydrogens (tertiary/aromatic N) is 1. The topological polar surface area (TPSA) is 15.3 Å². The highest BCUT2D eigenvalue weighted by molar-refractivity contribution is 5.45. The van der Waals surface area contributed by atoms with Gasteiger partial charge < -0.3 is 10.2 Å². The first-order valence-corrected chi connectivity index (χ1v) is 7.33. The van der Waals surface area contributed by atoms with Crippen molar-refractivity contribution in [2.45, 2.75) is 39.0 Å². The van der Waals surface area contributed by atoms with Gasteiger partial charge in [0.15, 0.2) is 0 Å². The Balaban J connectivity index is 2.13. The summed E-state index contributed by atoms with van der Waals surface area (Å²) < 4.78 is 0.